The lowest BCUT2D eigenvalue weighted by molar-refractivity contribution is -0.136. The number of carbonyl (C=O) groups excluding carboxylic acids is 1. The smallest absolute Gasteiger partial charge is 0.337 e. The molecule has 1 aliphatic rings. The van der Waals surface area contributed by atoms with E-state index in [0.29, 0.717) is 34.5 Å². The largest absolute Gasteiger partial charge is 0.492 e. The van der Waals surface area contributed by atoms with Crippen LogP contribution in [0, 0.1) is 3.57 Å². The number of ether oxygens (including phenoxy) is 3. The first-order valence-electron chi connectivity index (χ1n) is 7.29. The van der Waals surface area contributed by atoms with Gasteiger partial charge >= 0.3 is 5.97 Å². The number of rotatable bonds is 5. The molecule has 0 spiro atoms. The van der Waals surface area contributed by atoms with Gasteiger partial charge in [-0.05, 0) is 66.4 Å². The van der Waals surface area contributed by atoms with E-state index in [4.69, 9.17) is 26.4 Å². The molecule has 0 unspecified atom stereocenters. The van der Waals surface area contributed by atoms with E-state index in [1.807, 2.05) is 19.1 Å². The summed E-state index contributed by atoms with van der Waals surface area (Å²) in [6.07, 6.45) is 0. The van der Waals surface area contributed by atoms with Crippen LogP contribution in [0.4, 0.5) is 0 Å². The molecule has 0 saturated carbocycles. The zero-order valence-electron chi connectivity index (χ0n) is 13.9. The van der Waals surface area contributed by atoms with Crippen LogP contribution in [0.15, 0.2) is 23.4 Å². The molecular formula is C16H19IN2O4S. The van der Waals surface area contributed by atoms with Gasteiger partial charge in [-0.3, -0.25) is 0 Å². The summed E-state index contributed by atoms with van der Waals surface area (Å²) in [7, 11) is 2.96. The monoisotopic (exact) mass is 462 g/mol. The van der Waals surface area contributed by atoms with E-state index in [1.165, 1.54) is 7.11 Å². The molecule has 2 N–H and O–H groups in total. The molecule has 0 amide bonds. The van der Waals surface area contributed by atoms with Crippen LogP contribution in [0.1, 0.15) is 25.5 Å². The van der Waals surface area contributed by atoms with Crippen LogP contribution in [0.2, 0.25) is 0 Å². The first-order chi connectivity index (χ1) is 11.4. The van der Waals surface area contributed by atoms with E-state index in [1.54, 1.807) is 14.0 Å². The summed E-state index contributed by atoms with van der Waals surface area (Å²) >= 11 is 7.41. The lowest BCUT2D eigenvalue weighted by atomic mass is 9.95. The number of esters is 1. The van der Waals surface area contributed by atoms with Gasteiger partial charge in [0.2, 0.25) is 0 Å². The van der Waals surface area contributed by atoms with Crippen LogP contribution in [0.3, 0.4) is 0 Å². The predicted octanol–water partition coefficient (Wildman–Crippen LogP) is 2.66. The minimum absolute atomic E-state index is 0.413. The van der Waals surface area contributed by atoms with Gasteiger partial charge in [-0.15, -0.1) is 0 Å². The molecule has 0 aromatic heterocycles. The minimum Gasteiger partial charge on any atom is -0.492 e. The maximum atomic E-state index is 12.2. The highest BCUT2D eigenvalue weighted by Gasteiger charge is 2.31. The second-order valence-electron chi connectivity index (χ2n) is 5.03. The van der Waals surface area contributed by atoms with Crippen molar-refractivity contribution in [3.8, 4) is 11.5 Å². The number of benzene rings is 1. The van der Waals surface area contributed by atoms with E-state index in [2.05, 4.69) is 33.2 Å². The summed E-state index contributed by atoms with van der Waals surface area (Å²) in [6, 6.07) is 3.36. The average Bonchev–Trinajstić information content (AvgIpc) is 2.53. The van der Waals surface area contributed by atoms with Crippen LogP contribution in [0.5, 0.6) is 11.5 Å². The van der Waals surface area contributed by atoms with Crippen molar-refractivity contribution >= 4 is 45.9 Å². The SMILES string of the molecule is CCOc1cc([C@H]2NC(=S)NC(C)=C2C(=O)OC)cc(I)c1OC. The molecule has 24 heavy (non-hydrogen) atoms. The Balaban J connectivity index is 2.57. The fourth-order valence-corrected chi connectivity index (χ4v) is 3.66. The van der Waals surface area contributed by atoms with Gasteiger partial charge in [-0.25, -0.2) is 4.79 Å². The number of methoxy groups -OCH3 is 2. The molecule has 2 rings (SSSR count). The molecule has 1 atom stereocenters. The van der Waals surface area contributed by atoms with Gasteiger partial charge in [-0.1, -0.05) is 0 Å². The van der Waals surface area contributed by atoms with Gasteiger partial charge in [0.05, 0.1) is 36.0 Å². The van der Waals surface area contributed by atoms with Gasteiger partial charge in [0.25, 0.3) is 0 Å². The Labute approximate surface area is 160 Å². The molecule has 1 aromatic carbocycles. The van der Waals surface area contributed by atoms with Crippen molar-refractivity contribution in [3.63, 3.8) is 0 Å². The zero-order valence-corrected chi connectivity index (χ0v) is 16.8. The van der Waals surface area contributed by atoms with E-state index < -0.39 is 12.0 Å². The van der Waals surface area contributed by atoms with Crippen molar-refractivity contribution in [2.75, 3.05) is 20.8 Å². The van der Waals surface area contributed by atoms with Crippen molar-refractivity contribution < 1.29 is 19.0 Å². The number of halogens is 1. The van der Waals surface area contributed by atoms with E-state index >= 15 is 0 Å². The summed E-state index contributed by atoms with van der Waals surface area (Å²) in [4.78, 5) is 12.2. The Kier molecular flexibility index (Phi) is 6.27. The lowest BCUT2D eigenvalue weighted by Gasteiger charge is -2.30. The third-order valence-corrected chi connectivity index (χ3v) is 4.56. The Morgan fingerprint density at radius 1 is 1.38 bits per heavy atom. The Morgan fingerprint density at radius 3 is 2.67 bits per heavy atom. The summed E-state index contributed by atoms with van der Waals surface area (Å²) in [6.45, 7) is 4.21. The van der Waals surface area contributed by atoms with E-state index in [0.717, 1.165) is 9.13 Å². The molecule has 8 heteroatoms. The Hall–Kier alpha value is -1.55. The van der Waals surface area contributed by atoms with Crippen LogP contribution in [0.25, 0.3) is 0 Å². The molecule has 1 heterocycles. The first-order valence-corrected chi connectivity index (χ1v) is 8.78. The van der Waals surface area contributed by atoms with Crippen molar-refractivity contribution in [2.24, 2.45) is 0 Å². The summed E-state index contributed by atoms with van der Waals surface area (Å²) in [5.74, 6) is 0.872. The third kappa shape index (κ3) is 3.75. The first kappa shape index (κ1) is 18.8. The van der Waals surface area contributed by atoms with Crippen molar-refractivity contribution in [2.45, 2.75) is 19.9 Å². The minimum atomic E-state index is -0.426. The van der Waals surface area contributed by atoms with Gasteiger partial charge in [0, 0.05) is 5.70 Å². The number of hydrogen-bond donors (Lipinski definition) is 2. The van der Waals surface area contributed by atoms with Crippen LogP contribution >= 0.6 is 34.8 Å². The zero-order chi connectivity index (χ0) is 17.9. The summed E-state index contributed by atoms with van der Waals surface area (Å²) in [5.41, 5.74) is 1.99. The van der Waals surface area contributed by atoms with Crippen LogP contribution in [-0.4, -0.2) is 31.9 Å². The Bertz CT molecular complexity index is 706. The molecule has 6 nitrogen and oxygen atoms in total. The highest BCUT2D eigenvalue weighted by atomic mass is 127. The molecular weight excluding hydrogens is 443 g/mol. The lowest BCUT2D eigenvalue weighted by Crippen LogP contribution is -2.45. The standard InChI is InChI=1S/C16H19IN2O4S/c1-5-23-11-7-9(6-10(17)14(11)21-3)13-12(15(20)22-4)8(2)18-16(24)19-13/h6-7,13H,5H2,1-4H3,(H2,18,19,24)/t13-/m1/s1. The molecule has 130 valence electrons. The molecule has 0 saturated heterocycles. The molecule has 0 bridgehead atoms. The molecule has 0 aliphatic carbocycles. The fraction of sp³-hybridized carbons (Fsp3) is 0.375. The third-order valence-electron chi connectivity index (χ3n) is 3.54. The van der Waals surface area contributed by atoms with Crippen LogP contribution in [-0.2, 0) is 9.53 Å². The number of carbonyl (C=O) groups is 1. The van der Waals surface area contributed by atoms with Gasteiger partial charge < -0.3 is 24.8 Å². The number of thiocarbonyl (C=S) groups is 1. The second-order valence-corrected chi connectivity index (χ2v) is 6.60. The highest BCUT2D eigenvalue weighted by molar-refractivity contribution is 14.1. The number of allylic oxidation sites excluding steroid dienone is 1. The predicted molar refractivity (Wildman–Crippen MR) is 103 cm³/mol. The number of hydrogen-bond acceptors (Lipinski definition) is 5. The maximum absolute atomic E-state index is 12.2. The molecule has 0 fully saturated rings. The van der Waals surface area contributed by atoms with Gasteiger partial charge in [0.1, 0.15) is 0 Å². The van der Waals surface area contributed by atoms with Crippen LogP contribution < -0.4 is 20.1 Å². The van der Waals surface area contributed by atoms with Crippen molar-refractivity contribution in [1.29, 1.82) is 0 Å². The molecule has 1 aliphatic heterocycles. The fourth-order valence-electron chi connectivity index (χ4n) is 2.54. The van der Waals surface area contributed by atoms with E-state index in [9.17, 15) is 4.79 Å². The highest BCUT2D eigenvalue weighted by Crippen LogP contribution is 2.38. The normalized spacial score (nSPS) is 17.0. The topological polar surface area (TPSA) is 68.8 Å². The van der Waals surface area contributed by atoms with E-state index in [-0.39, 0.29) is 0 Å². The van der Waals surface area contributed by atoms with Gasteiger partial charge in [-0.2, -0.15) is 0 Å². The van der Waals surface area contributed by atoms with Crippen molar-refractivity contribution in [1.82, 2.24) is 10.6 Å². The quantitative estimate of drug-likeness (QED) is 0.396. The average molecular weight is 462 g/mol. The number of nitrogens with one attached hydrogen (secondary N) is 2. The van der Waals surface area contributed by atoms with Crippen molar-refractivity contribution in [3.05, 3.63) is 32.5 Å². The summed E-state index contributed by atoms with van der Waals surface area (Å²) < 4.78 is 16.9. The van der Waals surface area contributed by atoms with Gasteiger partial charge in [0.15, 0.2) is 16.6 Å². The molecule has 1 aromatic rings. The summed E-state index contributed by atoms with van der Waals surface area (Å²) in [5, 5.41) is 6.54. The molecule has 0 radical (unpaired) electrons. The Morgan fingerprint density at radius 2 is 2.08 bits per heavy atom. The second kappa shape index (κ2) is 8.02. The maximum Gasteiger partial charge on any atom is 0.337 e.